The number of hydrogen-bond donors (Lipinski definition) is 1. The van der Waals surface area contributed by atoms with Crippen LogP contribution >= 0.6 is 12.6 Å². The quantitative estimate of drug-likeness (QED) is 0.491. The number of hydrogen-bond acceptors (Lipinski definition) is 4. The van der Waals surface area contributed by atoms with E-state index in [2.05, 4.69) is 26.5 Å². The van der Waals surface area contributed by atoms with Gasteiger partial charge in [-0.25, -0.2) is 0 Å². The van der Waals surface area contributed by atoms with Crippen LogP contribution in [0.5, 0.6) is 5.75 Å². The molecule has 0 spiro atoms. The fourth-order valence-corrected chi connectivity index (χ4v) is 2.31. The summed E-state index contributed by atoms with van der Waals surface area (Å²) < 4.78 is 5.80. The molecule has 0 fully saturated rings. The summed E-state index contributed by atoms with van der Waals surface area (Å²) in [6.45, 7) is 8.41. The van der Waals surface area contributed by atoms with Gasteiger partial charge in [-0.15, -0.1) is 0 Å². The molecular weight excluding hydrogens is 262 g/mol. The summed E-state index contributed by atoms with van der Waals surface area (Å²) in [5, 5.41) is 10.8. The summed E-state index contributed by atoms with van der Waals surface area (Å²) in [6.07, 6.45) is 0. The zero-order valence-corrected chi connectivity index (χ0v) is 12.7. The minimum Gasteiger partial charge on any atom is -0.493 e. The zero-order chi connectivity index (χ0) is 14.6. The molecule has 19 heavy (non-hydrogen) atoms. The maximum Gasteiger partial charge on any atom is 0.272 e. The molecule has 106 valence electrons. The van der Waals surface area contributed by atoms with E-state index in [0.29, 0.717) is 24.0 Å². The van der Waals surface area contributed by atoms with Gasteiger partial charge in [-0.1, -0.05) is 13.8 Å². The molecule has 0 heterocycles. The van der Waals surface area contributed by atoms with E-state index in [-0.39, 0.29) is 10.6 Å². The molecule has 0 aliphatic heterocycles. The number of aryl methyl sites for hydroxylation is 2. The van der Waals surface area contributed by atoms with Crippen LogP contribution in [0, 0.1) is 35.8 Å². The Hall–Kier alpha value is -1.23. The first-order valence-electron chi connectivity index (χ1n) is 6.36. The minimum absolute atomic E-state index is 0.138. The minimum atomic E-state index is -0.364. The summed E-state index contributed by atoms with van der Waals surface area (Å²) in [4.78, 5) is 10.5. The van der Waals surface area contributed by atoms with Gasteiger partial charge in [0.1, 0.15) is 5.75 Å². The lowest BCUT2D eigenvalue weighted by atomic mass is 9.99. The molecule has 0 aliphatic rings. The first kappa shape index (κ1) is 15.8. The van der Waals surface area contributed by atoms with Gasteiger partial charge in [0, 0.05) is 17.5 Å². The third-order valence-corrected chi connectivity index (χ3v) is 3.79. The van der Waals surface area contributed by atoms with Crippen LogP contribution in [0.1, 0.15) is 25.0 Å². The lowest BCUT2D eigenvalue weighted by Gasteiger charge is -2.20. The molecule has 0 N–H and O–H groups in total. The highest BCUT2D eigenvalue weighted by molar-refractivity contribution is 7.80. The van der Waals surface area contributed by atoms with Gasteiger partial charge in [0.2, 0.25) is 0 Å². The van der Waals surface area contributed by atoms with E-state index in [9.17, 15) is 10.1 Å². The molecule has 1 unspecified atom stereocenters. The summed E-state index contributed by atoms with van der Waals surface area (Å²) in [5.41, 5.74) is 1.55. The molecular formula is C14H21NO3S. The monoisotopic (exact) mass is 283 g/mol. The number of rotatable bonds is 6. The average molecular weight is 283 g/mol. The molecule has 1 atom stereocenters. The topological polar surface area (TPSA) is 52.4 Å². The summed E-state index contributed by atoms with van der Waals surface area (Å²) in [7, 11) is 0. The van der Waals surface area contributed by atoms with Gasteiger partial charge in [-0.2, -0.15) is 12.6 Å². The Balaban J connectivity index is 2.85. The largest absolute Gasteiger partial charge is 0.493 e. The third kappa shape index (κ3) is 4.13. The van der Waals surface area contributed by atoms with Crippen molar-refractivity contribution in [2.75, 3.05) is 12.4 Å². The highest BCUT2D eigenvalue weighted by Gasteiger charge is 2.16. The van der Waals surface area contributed by atoms with E-state index in [1.165, 1.54) is 0 Å². The number of thiol groups is 1. The van der Waals surface area contributed by atoms with Crippen LogP contribution in [0.4, 0.5) is 5.69 Å². The van der Waals surface area contributed by atoms with Gasteiger partial charge in [0.05, 0.1) is 11.5 Å². The lowest BCUT2D eigenvalue weighted by Crippen LogP contribution is -2.19. The van der Waals surface area contributed by atoms with Crippen LogP contribution in [0.15, 0.2) is 12.1 Å². The van der Waals surface area contributed by atoms with E-state index in [0.717, 1.165) is 17.1 Å². The molecule has 1 aromatic carbocycles. The van der Waals surface area contributed by atoms with Crippen molar-refractivity contribution in [2.45, 2.75) is 27.7 Å². The molecule has 0 aromatic heterocycles. The number of nitrogens with zero attached hydrogens (tertiary/aromatic N) is 1. The second-order valence-corrected chi connectivity index (χ2v) is 5.52. The molecule has 0 saturated carbocycles. The predicted octanol–water partition coefficient (Wildman–Crippen LogP) is 3.79. The van der Waals surface area contributed by atoms with Gasteiger partial charge in [0.15, 0.2) is 0 Å². The van der Waals surface area contributed by atoms with Crippen molar-refractivity contribution in [1.29, 1.82) is 0 Å². The molecule has 0 aliphatic carbocycles. The number of nitro groups is 1. The molecule has 1 aromatic rings. The predicted molar refractivity (Wildman–Crippen MR) is 80.2 cm³/mol. The van der Waals surface area contributed by atoms with Crippen molar-refractivity contribution < 1.29 is 9.66 Å². The van der Waals surface area contributed by atoms with Gasteiger partial charge in [-0.05, 0) is 37.1 Å². The first-order valence-corrected chi connectivity index (χ1v) is 6.99. The van der Waals surface area contributed by atoms with Crippen LogP contribution in [-0.2, 0) is 0 Å². The second-order valence-electron chi connectivity index (χ2n) is 5.16. The van der Waals surface area contributed by atoms with E-state index >= 15 is 0 Å². The molecule has 0 bridgehead atoms. The van der Waals surface area contributed by atoms with Crippen molar-refractivity contribution in [3.8, 4) is 5.75 Å². The second kappa shape index (κ2) is 6.80. The Labute approximate surface area is 119 Å². The first-order chi connectivity index (χ1) is 8.86. The van der Waals surface area contributed by atoms with Crippen molar-refractivity contribution in [3.63, 3.8) is 0 Å². The Kier molecular flexibility index (Phi) is 5.66. The number of nitro benzene ring substituents is 1. The van der Waals surface area contributed by atoms with Crippen molar-refractivity contribution in [2.24, 2.45) is 11.8 Å². The highest BCUT2D eigenvalue weighted by Crippen LogP contribution is 2.28. The van der Waals surface area contributed by atoms with Crippen molar-refractivity contribution in [1.82, 2.24) is 0 Å². The van der Waals surface area contributed by atoms with Crippen LogP contribution in [-0.4, -0.2) is 17.3 Å². The van der Waals surface area contributed by atoms with Gasteiger partial charge in [0.25, 0.3) is 5.69 Å². The maximum atomic E-state index is 10.8. The summed E-state index contributed by atoms with van der Waals surface area (Å²) in [5.74, 6) is 2.36. The standard InChI is InChI=1S/C14H21NO3S/c1-9(2)12(8-19)7-18-14-6-10(3)13(15(16)17)5-11(14)4/h5-6,9,12,19H,7-8H2,1-4H3. The highest BCUT2D eigenvalue weighted by atomic mass is 32.1. The zero-order valence-electron chi connectivity index (χ0n) is 11.8. The van der Waals surface area contributed by atoms with Gasteiger partial charge in [-0.3, -0.25) is 10.1 Å². The Morgan fingerprint density at radius 2 is 1.95 bits per heavy atom. The molecule has 0 amide bonds. The van der Waals surface area contributed by atoms with Crippen molar-refractivity contribution in [3.05, 3.63) is 33.4 Å². The molecule has 1 rings (SSSR count). The number of benzene rings is 1. The van der Waals surface area contributed by atoms with E-state index in [1.807, 2.05) is 6.92 Å². The van der Waals surface area contributed by atoms with E-state index in [1.54, 1.807) is 19.1 Å². The third-order valence-electron chi connectivity index (χ3n) is 3.32. The van der Waals surface area contributed by atoms with Crippen LogP contribution in [0.25, 0.3) is 0 Å². The normalized spacial score (nSPS) is 12.5. The fraction of sp³-hybridized carbons (Fsp3) is 0.571. The Morgan fingerprint density at radius 3 is 2.42 bits per heavy atom. The maximum absolute atomic E-state index is 10.8. The van der Waals surface area contributed by atoms with Gasteiger partial charge < -0.3 is 4.74 Å². The van der Waals surface area contributed by atoms with Crippen LogP contribution in [0.2, 0.25) is 0 Å². The molecule has 0 saturated heterocycles. The smallest absolute Gasteiger partial charge is 0.272 e. The molecule has 0 radical (unpaired) electrons. The average Bonchev–Trinajstić information content (AvgIpc) is 2.32. The molecule has 5 heteroatoms. The van der Waals surface area contributed by atoms with E-state index < -0.39 is 0 Å². The fourth-order valence-electron chi connectivity index (χ4n) is 1.78. The van der Waals surface area contributed by atoms with Crippen LogP contribution in [0.3, 0.4) is 0 Å². The van der Waals surface area contributed by atoms with Gasteiger partial charge >= 0.3 is 0 Å². The summed E-state index contributed by atoms with van der Waals surface area (Å²) in [6, 6.07) is 3.30. The Bertz CT molecular complexity index is 460. The Morgan fingerprint density at radius 1 is 1.32 bits per heavy atom. The van der Waals surface area contributed by atoms with Crippen LogP contribution < -0.4 is 4.74 Å². The number of ether oxygens (including phenoxy) is 1. The van der Waals surface area contributed by atoms with E-state index in [4.69, 9.17) is 4.74 Å². The SMILES string of the molecule is Cc1cc([N+](=O)[O-])c(C)cc1OCC(CS)C(C)C. The van der Waals surface area contributed by atoms with Crippen molar-refractivity contribution >= 4 is 18.3 Å². The lowest BCUT2D eigenvalue weighted by molar-refractivity contribution is -0.385. The molecule has 4 nitrogen and oxygen atoms in total. The summed E-state index contributed by atoms with van der Waals surface area (Å²) >= 11 is 4.32.